The van der Waals surface area contributed by atoms with Crippen molar-refractivity contribution >= 4 is 11.9 Å². The summed E-state index contributed by atoms with van der Waals surface area (Å²) in [7, 11) is 1.29. The van der Waals surface area contributed by atoms with Crippen molar-refractivity contribution in [1.29, 1.82) is 5.26 Å². The van der Waals surface area contributed by atoms with Crippen molar-refractivity contribution in [3.63, 3.8) is 0 Å². The molecule has 0 N–H and O–H groups in total. The molecule has 0 aromatic rings. The molecule has 0 heterocycles. The van der Waals surface area contributed by atoms with Crippen LogP contribution in [0.2, 0.25) is 0 Å². The highest BCUT2D eigenvalue weighted by Crippen LogP contribution is 2.46. The largest absolute Gasteiger partial charge is 0.468 e. The number of rotatable bonds is 5. The van der Waals surface area contributed by atoms with Gasteiger partial charge in [0, 0.05) is 6.54 Å². The Kier molecular flexibility index (Phi) is 4.71. The average molecular weight is 252 g/mol. The van der Waals surface area contributed by atoms with Crippen molar-refractivity contribution in [3.8, 4) is 6.07 Å². The van der Waals surface area contributed by atoms with Crippen molar-refractivity contribution < 1.29 is 14.3 Å². The first kappa shape index (κ1) is 14.5. The van der Waals surface area contributed by atoms with Crippen LogP contribution in [-0.4, -0.2) is 37.0 Å². The van der Waals surface area contributed by atoms with Gasteiger partial charge >= 0.3 is 5.97 Å². The second kappa shape index (κ2) is 5.85. The van der Waals surface area contributed by atoms with Crippen LogP contribution in [0, 0.1) is 22.7 Å². The van der Waals surface area contributed by atoms with Crippen LogP contribution in [0.4, 0.5) is 0 Å². The van der Waals surface area contributed by atoms with Crippen molar-refractivity contribution in [2.24, 2.45) is 11.3 Å². The van der Waals surface area contributed by atoms with Crippen LogP contribution < -0.4 is 0 Å². The van der Waals surface area contributed by atoms with E-state index in [4.69, 9.17) is 0 Å². The number of hydrogen-bond donors (Lipinski definition) is 0. The van der Waals surface area contributed by atoms with E-state index in [-0.39, 0.29) is 12.5 Å². The zero-order valence-corrected chi connectivity index (χ0v) is 11.2. The Morgan fingerprint density at radius 2 is 2.11 bits per heavy atom. The lowest BCUT2D eigenvalue weighted by atomic mass is 9.62. The maximum atomic E-state index is 12.4. The second-order valence-electron chi connectivity index (χ2n) is 5.01. The topological polar surface area (TPSA) is 70.4 Å². The van der Waals surface area contributed by atoms with Crippen molar-refractivity contribution in [2.75, 3.05) is 20.2 Å². The zero-order chi connectivity index (χ0) is 13.8. The Bertz CT molecular complexity index is 367. The van der Waals surface area contributed by atoms with Gasteiger partial charge in [0.2, 0.25) is 5.91 Å². The van der Waals surface area contributed by atoms with E-state index in [0.29, 0.717) is 25.3 Å². The average Bonchev–Trinajstić information content (AvgIpc) is 2.33. The number of hydrogen-bond acceptors (Lipinski definition) is 4. The maximum Gasteiger partial charge on any atom is 0.325 e. The van der Waals surface area contributed by atoms with E-state index in [1.807, 2.05) is 13.8 Å². The van der Waals surface area contributed by atoms with Gasteiger partial charge in [0.05, 0.1) is 13.2 Å². The Labute approximate surface area is 108 Å². The molecule has 1 aliphatic rings. The lowest BCUT2D eigenvalue weighted by Crippen LogP contribution is -2.51. The van der Waals surface area contributed by atoms with E-state index >= 15 is 0 Å². The molecule has 5 heteroatoms. The van der Waals surface area contributed by atoms with E-state index in [1.54, 1.807) is 0 Å². The van der Waals surface area contributed by atoms with Gasteiger partial charge < -0.3 is 9.64 Å². The number of amides is 1. The predicted octanol–water partition coefficient (Wildman–Crippen LogP) is 1.34. The normalized spacial score (nSPS) is 25.8. The molecule has 0 saturated heterocycles. The van der Waals surface area contributed by atoms with Crippen LogP contribution in [0.5, 0.6) is 0 Å². The molecule has 1 amide bonds. The summed E-state index contributed by atoms with van der Waals surface area (Å²) in [6.07, 6.45) is 1.92. The molecule has 18 heavy (non-hydrogen) atoms. The van der Waals surface area contributed by atoms with Crippen molar-refractivity contribution in [3.05, 3.63) is 0 Å². The van der Waals surface area contributed by atoms with Gasteiger partial charge in [-0.15, -0.1) is 0 Å². The molecule has 1 saturated carbocycles. The fraction of sp³-hybridized carbons (Fsp3) is 0.769. The smallest absolute Gasteiger partial charge is 0.325 e. The molecule has 0 bridgehead atoms. The Morgan fingerprint density at radius 1 is 1.50 bits per heavy atom. The number of nitriles is 1. The molecular weight excluding hydrogens is 232 g/mol. The van der Waals surface area contributed by atoms with Gasteiger partial charge in [0.15, 0.2) is 0 Å². The molecule has 0 radical (unpaired) electrons. The quantitative estimate of drug-likeness (QED) is 0.692. The van der Waals surface area contributed by atoms with E-state index in [2.05, 4.69) is 10.8 Å². The molecule has 100 valence electrons. The van der Waals surface area contributed by atoms with Gasteiger partial charge in [0.25, 0.3) is 0 Å². The zero-order valence-electron chi connectivity index (χ0n) is 11.2. The highest BCUT2D eigenvalue weighted by atomic mass is 16.5. The summed E-state index contributed by atoms with van der Waals surface area (Å²) in [5.74, 6) is -0.275. The Hall–Kier alpha value is -1.57. The molecule has 5 nitrogen and oxygen atoms in total. The molecule has 0 atom stereocenters. The van der Waals surface area contributed by atoms with E-state index in [0.717, 1.165) is 6.42 Å². The minimum Gasteiger partial charge on any atom is -0.468 e. The molecular formula is C13H20N2O3. The summed E-state index contributed by atoms with van der Waals surface area (Å²) in [4.78, 5) is 25.1. The minimum atomic E-state index is -0.914. The first-order valence-electron chi connectivity index (χ1n) is 6.26. The standard InChI is InChI=1S/C13H20N2O3/c1-4-5-15(8-11(16)18-3)12(17)13(9-14)6-10(2)7-13/h10H,4-8H2,1-3H3. The van der Waals surface area contributed by atoms with Gasteiger partial charge in [-0.2, -0.15) is 5.26 Å². The van der Waals surface area contributed by atoms with Gasteiger partial charge in [-0.05, 0) is 25.2 Å². The van der Waals surface area contributed by atoms with Crippen molar-refractivity contribution in [2.45, 2.75) is 33.1 Å². The number of ether oxygens (including phenoxy) is 1. The first-order chi connectivity index (χ1) is 8.49. The minimum absolute atomic E-state index is 0.0685. The van der Waals surface area contributed by atoms with Crippen LogP contribution in [0.1, 0.15) is 33.1 Å². The number of carbonyl (C=O) groups is 2. The van der Waals surface area contributed by atoms with Gasteiger partial charge in [-0.1, -0.05) is 13.8 Å². The summed E-state index contributed by atoms with van der Waals surface area (Å²) in [5, 5.41) is 9.22. The van der Waals surface area contributed by atoms with Gasteiger partial charge in [0.1, 0.15) is 12.0 Å². The van der Waals surface area contributed by atoms with Crippen LogP contribution in [-0.2, 0) is 14.3 Å². The second-order valence-corrected chi connectivity index (χ2v) is 5.01. The third kappa shape index (κ3) is 2.81. The monoisotopic (exact) mass is 252 g/mol. The van der Waals surface area contributed by atoms with Gasteiger partial charge in [-0.25, -0.2) is 0 Å². The number of nitrogens with zero attached hydrogens (tertiary/aromatic N) is 2. The lowest BCUT2D eigenvalue weighted by molar-refractivity contribution is -0.153. The van der Waals surface area contributed by atoms with E-state index in [1.165, 1.54) is 12.0 Å². The molecule has 0 aromatic heterocycles. The summed E-state index contributed by atoms with van der Waals surface area (Å²) in [5.41, 5.74) is -0.914. The SMILES string of the molecule is CCCN(CC(=O)OC)C(=O)C1(C#N)CC(C)C1. The van der Waals surface area contributed by atoms with Crippen LogP contribution in [0.25, 0.3) is 0 Å². The number of methoxy groups -OCH3 is 1. The molecule has 1 aliphatic carbocycles. The summed E-state index contributed by atoms with van der Waals surface area (Å²) >= 11 is 0. The maximum absolute atomic E-state index is 12.4. The lowest BCUT2D eigenvalue weighted by Gasteiger charge is -2.42. The fourth-order valence-corrected chi connectivity index (χ4v) is 2.49. The molecule has 0 spiro atoms. The van der Waals surface area contributed by atoms with Crippen LogP contribution in [0.3, 0.4) is 0 Å². The molecule has 0 aliphatic heterocycles. The van der Waals surface area contributed by atoms with Crippen LogP contribution in [0.15, 0.2) is 0 Å². The Balaban J connectivity index is 2.76. The van der Waals surface area contributed by atoms with E-state index < -0.39 is 11.4 Å². The highest BCUT2D eigenvalue weighted by molar-refractivity contribution is 5.89. The van der Waals surface area contributed by atoms with Gasteiger partial charge in [-0.3, -0.25) is 9.59 Å². The molecule has 0 aromatic carbocycles. The highest BCUT2D eigenvalue weighted by Gasteiger charge is 2.50. The van der Waals surface area contributed by atoms with Crippen molar-refractivity contribution in [1.82, 2.24) is 4.90 Å². The van der Waals surface area contributed by atoms with Crippen LogP contribution >= 0.6 is 0 Å². The molecule has 1 fully saturated rings. The molecule has 1 rings (SSSR count). The Morgan fingerprint density at radius 3 is 2.50 bits per heavy atom. The third-order valence-electron chi connectivity index (χ3n) is 3.35. The number of esters is 1. The third-order valence-corrected chi connectivity index (χ3v) is 3.35. The molecule has 0 unspecified atom stereocenters. The predicted molar refractivity (Wildman–Crippen MR) is 65.3 cm³/mol. The summed E-state index contributed by atoms with van der Waals surface area (Å²) in [6.45, 7) is 4.36. The number of carbonyl (C=O) groups excluding carboxylic acids is 2. The van der Waals surface area contributed by atoms with E-state index in [9.17, 15) is 14.9 Å². The first-order valence-corrected chi connectivity index (χ1v) is 6.26. The summed E-state index contributed by atoms with van der Waals surface area (Å²) in [6, 6.07) is 2.13. The fourth-order valence-electron chi connectivity index (χ4n) is 2.49. The summed E-state index contributed by atoms with van der Waals surface area (Å²) < 4.78 is 4.58.